The second kappa shape index (κ2) is 7.28. The van der Waals surface area contributed by atoms with Gasteiger partial charge in [0.25, 0.3) is 0 Å². The Bertz CT molecular complexity index is 822. The lowest BCUT2D eigenvalue weighted by Crippen LogP contribution is -2.53. The molecule has 3 rings (SSSR count). The fourth-order valence-corrected chi connectivity index (χ4v) is 3.40. The molecule has 1 aromatic heterocycles. The Morgan fingerprint density at radius 3 is 2.81 bits per heavy atom. The molecule has 1 aromatic carbocycles. The van der Waals surface area contributed by atoms with Gasteiger partial charge in [0.15, 0.2) is 5.82 Å². The van der Waals surface area contributed by atoms with Crippen LogP contribution >= 0.6 is 0 Å². The van der Waals surface area contributed by atoms with Crippen molar-refractivity contribution in [3.05, 3.63) is 42.1 Å². The van der Waals surface area contributed by atoms with Gasteiger partial charge >= 0.3 is 0 Å². The van der Waals surface area contributed by atoms with Crippen LogP contribution in [0, 0.1) is 11.3 Å². The molecule has 2 aromatic rings. The van der Waals surface area contributed by atoms with Crippen molar-refractivity contribution in [3.8, 4) is 11.8 Å². The molecule has 0 radical (unpaired) electrons. The summed E-state index contributed by atoms with van der Waals surface area (Å²) in [6, 6.07) is 11.5. The molecular weight excluding hydrogens is 330 g/mol. The number of carbonyl (C=O) groups is 1. The minimum atomic E-state index is -0.290. The molecule has 1 aliphatic heterocycles. The standard InChI is InChI=1S/C19H23N5O2/c1-14-11-23(13-19(2,3)26-14)12-17(25)22-18-15(9-20)10-21-24(18)16-7-5-4-6-8-16/h4-8,10,14H,11-13H2,1-3H3,(H,22,25)/t14-/m1/s1. The van der Waals surface area contributed by atoms with Gasteiger partial charge in [0.2, 0.25) is 5.91 Å². The number of benzene rings is 1. The van der Waals surface area contributed by atoms with Crippen molar-refractivity contribution in [2.75, 3.05) is 25.0 Å². The number of ether oxygens (including phenoxy) is 1. The van der Waals surface area contributed by atoms with Crippen molar-refractivity contribution in [2.45, 2.75) is 32.5 Å². The third-order valence-electron chi connectivity index (χ3n) is 4.16. The number of para-hydroxylation sites is 1. The molecule has 2 heterocycles. The first kappa shape index (κ1) is 18.1. The molecule has 26 heavy (non-hydrogen) atoms. The van der Waals surface area contributed by atoms with E-state index in [1.807, 2.05) is 51.1 Å². The van der Waals surface area contributed by atoms with E-state index in [0.717, 1.165) is 5.69 Å². The number of morpholine rings is 1. The average Bonchev–Trinajstić information content (AvgIpc) is 2.96. The summed E-state index contributed by atoms with van der Waals surface area (Å²) in [7, 11) is 0. The average molecular weight is 353 g/mol. The van der Waals surface area contributed by atoms with Gasteiger partial charge in [-0.2, -0.15) is 10.4 Å². The van der Waals surface area contributed by atoms with Crippen LogP contribution in [0.4, 0.5) is 5.82 Å². The van der Waals surface area contributed by atoms with Gasteiger partial charge < -0.3 is 10.1 Å². The predicted octanol–water partition coefficient (Wildman–Crippen LogP) is 2.18. The van der Waals surface area contributed by atoms with E-state index in [-0.39, 0.29) is 24.2 Å². The van der Waals surface area contributed by atoms with Gasteiger partial charge in [-0.25, -0.2) is 4.68 Å². The second-order valence-corrected chi connectivity index (χ2v) is 7.17. The summed E-state index contributed by atoms with van der Waals surface area (Å²) in [5, 5.41) is 16.4. The van der Waals surface area contributed by atoms with E-state index in [1.165, 1.54) is 6.20 Å². The first-order chi connectivity index (χ1) is 12.4. The first-order valence-electron chi connectivity index (χ1n) is 8.61. The number of hydrogen-bond acceptors (Lipinski definition) is 5. The van der Waals surface area contributed by atoms with E-state index in [4.69, 9.17) is 4.74 Å². The molecule has 0 bridgehead atoms. The summed E-state index contributed by atoms with van der Waals surface area (Å²) in [5.74, 6) is 0.216. The molecule has 7 heteroatoms. The molecule has 0 saturated carbocycles. The van der Waals surface area contributed by atoms with Crippen LogP contribution < -0.4 is 5.32 Å². The third kappa shape index (κ3) is 4.10. The Morgan fingerprint density at radius 1 is 1.42 bits per heavy atom. The lowest BCUT2D eigenvalue weighted by molar-refractivity contribution is -0.136. The smallest absolute Gasteiger partial charge is 0.239 e. The zero-order valence-corrected chi connectivity index (χ0v) is 15.3. The van der Waals surface area contributed by atoms with Gasteiger partial charge in [0.05, 0.1) is 30.1 Å². The van der Waals surface area contributed by atoms with Crippen LogP contribution in [0.1, 0.15) is 26.3 Å². The van der Waals surface area contributed by atoms with E-state index in [9.17, 15) is 10.1 Å². The van der Waals surface area contributed by atoms with Gasteiger partial charge in [0, 0.05) is 13.1 Å². The van der Waals surface area contributed by atoms with Crippen molar-refractivity contribution in [2.24, 2.45) is 0 Å². The van der Waals surface area contributed by atoms with Gasteiger partial charge in [-0.1, -0.05) is 18.2 Å². The van der Waals surface area contributed by atoms with E-state index in [2.05, 4.69) is 21.4 Å². The van der Waals surface area contributed by atoms with E-state index in [0.29, 0.717) is 24.5 Å². The zero-order valence-electron chi connectivity index (χ0n) is 15.3. The van der Waals surface area contributed by atoms with Crippen molar-refractivity contribution in [3.63, 3.8) is 0 Å². The zero-order chi connectivity index (χ0) is 18.7. The Hall–Kier alpha value is -2.69. The maximum Gasteiger partial charge on any atom is 0.239 e. The largest absolute Gasteiger partial charge is 0.370 e. The van der Waals surface area contributed by atoms with Crippen molar-refractivity contribution in [1.29, 1.82) is 5.26 Å². The second-order valence-electron chi connectivity index (χ2n) is 7.17. The normalized spacial score (nSPS) is 19.7. The number of amides is 1. The number of hydrogen-bond donors (Lipinski definition) is 1. The monoisotopic (exact) mass is 353 g/mol. The minimum absolute atomic E-state index is 0.0658. The number of rotatable bonds is 4. The van der Waals surface area contributed by atoms with E-state index >= 15 is 0 Å². The van der Waals surface area contributed by atoms with Gasteiger partial charge in [-0.05, 0) is 32.9 Å². The highest BCUT2D eigenvalue weighted by Gasteiger charge is 2.32. The van der Waals surface area contributed by atoms with Crippen LogP contribution in [-0.4, -0.2) is 51.9 Å². The number of nitriles is 1. The summed E-state index contributed by atoms with van der Waals surface area (Å²) in [6.45, 7) is 7.65. The molecule has 1 amide bonds. The van der Waals surface area contributed by atoms with Gasteiger partial charge in [-0.3, -0.25) is 9.69 Å². The topological polar surface area (TPSA) is 83.2 Å². The molecule has 0 aliphatic carbocycles. The minimum Gasteiger partial charge on any atom is -0.370 e. The summed E-state index contributed by atoms with van der Waals surface area (Å²) >= 11 is 0. The Kier molecular flexibility index (Phi) is 5.07. The Balaban J connectivity index is 1.76. The van der Waals surface area contributed by atoms with Crippen molar-refractivity contribution < 1.29 is 9.53 Å². The number of anilines is 1. The van der Waals surface area contributed by atoms with Crippen LogP contribution in [0.2, 0.25) is 0 Å². The summed E-state index contributed by atoms with van der Waals surface area (Å²) < 4.78 is 7.45. The molecule has 1 aliphatic rings. The van der Waals surface area contributed by atoms with Gasteiger partial charge in [0.1, 0.15) is 11.6 Å². The quantitative estimate of drug-likeness (QED) is 0.911. The number of carbonyl (C=O) groups excluding carboxylic acids is 1. The highest BCUT2D eigenvalue weighted by atomic mass is 16.5. The van der Waals surface area contributed by atoms with E-state index in [1.54, 1.807) is 4.68 Å². The summed E-state index contributed by atoms with van der Waals surface area (Å²) in [4.78, 5) is 14.7. The molecule has 1 saturated heterocycles. The summed E-state index contributed by atoms with van der Waals surface area (Å²) in [5.41, 5.74) is 0.824. The molecule has 1 atom stereocenters. The van der Waals surface area contributed by atoms with Crippen LogP contribution in [0.5, 0.6) is 0 Å². The first-order valence-corrected chi connectivity index (χ1v) is 8.61. The fourth-order valence-electron chi connectivity index (χ4n) is 3.40. The molecule has 7 nitrogen and oxygen atoms in total. The molecule has 0 unspecified atom stereocenters. The molecule has 136 valence electrons. The van der Waals surface area contributed by atoms with Crippen molar-refractivity contribution in [1.82, 2.24) is 14.7 Å². The SMILES string of the molecule is C[C@@H]1CN(CC(=O)Nc2c(C#N)cnn2-c2ccccc2)CC(C)(C)O1. The number of nitrogens with zero attached hydrogens (tertiary/aromatic N) is 4. The maximum atomic E-state index is 12.6. The van der Waals surface area contributed by atoms with Crippen LogP contribution in [0.25, 0.3) is 5.69 Å². The fraction of sp³-hybridized carbons (Fsp3) is 0.421. The van der Waals surface area contributed by atoms with Crippen molar-refractivity contribution >= 4 is 11.7 Å². The van der Waals surface area contributed by atoms with E-state index < -0.39 is 0 Å². The van der Waals surface area contributed by atoms with Crippen LogP contribution in [0.15, 0.2) is 36.5 Å². The summed E-state index contributed by atoms with van der Waals surface area (Å²) in [6.07, 6.45) is 1.53. The molecule has 1 fully saturated rings. The van der Waals surface area contributed by atoms with Crippen LogP contribution in [-0.2, 0) is 9.53 Å². The predicted molar refractivity (Wildman–Crippen MR) is 98.0 cm³/mol. The highest BCUT2D eigenvalue weighted by molar-refractivity contribution is 5.93. The molecular formula is C19H23N5O2. The number of aromatic nitrogens is 2. The third-order valence-corrected chi connectivity index (χ3v) is 4.16. The van der Waals surface area contributed by atoms with Crippen LogP contribution in [0.3, 0.4) is 0 Å². The lowest BCUT2D eigenvalue weighted by atomic mass is 10.1. The number of nitrogens with one attached hydrogen (secondary N) is 1. The maximum absolute atomic E-state index is 12.6. The Labute approximate surface area is 153 Å². The molecule has 0 spiro atoms. The molecule has 1 N–H and O–H groups in total. The lowest BCUT2D eigenvalue weighted by Gasteiger charge is -2.41. The Morgan fingerprint density at radius 2 is 2.15 bits per heavy atom. The van der Waals surface area contributed by atoms with Gasteiger partial charge in [-0.15, -0.1) is 0 Å². The highest BCUT2D eigenvalue weighted by Crippen LogP contribution is 2.22.